The van der Waals surface area contributed by atoms with Gasteiger partial charge in [0.15, 0.2) is 0 Å². The summed E-state index contributed by atoms with van der Waals surface area (Å²) >= 11 is 0. The van der Waals surface area contributed by atoms with E-state index < -0.39 is 0 Å². The summed E-state index contributed by atoms with van der Waals surface area (Å²) in [7, 11) is 0. The number of rotatable bonds is 6. The van der Waals surface area contributed by atoms with E-state index in [1.54, 1.807) is 0 Å². The number of aromatic nitrogens is 1. The molecule has 1 aromatic rings. The maximum absolute atomic E-state index is 9.25. The van der Waals surface area contributed by atoms with E-state index in [0.29, 0.717) is 11.8 Å². The minimum atomic E-state index is 0.0429. The topological polar surface area (TPSA) is 42.4 Å². The molecule has 0 atom stereocenters. The Morgan fingerprint density at radius 1 is 1.39 bits per heavy atom. The standard InChI is InChI=1S/C15H23NO2/c1-11(2)14-8-13(10-17)9-15(16-14)18-7-6-12-4-3-5-12/h8-9,11-12,17H,3-7,10H2,1-2H3. The van der Waals surface area contributed by atoms with Crippen LogP contribution in [-0.2, 0) is 6.61 Å². The summed E-state index contributed by atoms with van der Waals surface area (Å²) in [6.07, 6.45) is 5.21. The second-order valence-corrected chi connectivity index (χ2v) is 5.49. The van der Waals surface area contributed by atoms with E-state index in [1.807, 2.05) is 12.1 Å². The Hall–Kier alpha value is -1.09. The summed E-state index contributed by atoms with van der Waals surface area (Å²) in [6.45, 7) is 4.98. The summed E-state index contributed by atoms with van der Waals surface area (Å²) < 4.78 is 5.72. The minimum Gasteiger partial charge on any atom is -0.478 e. The van der Waals surface area contributed by atoms with E-state index in [1.165, 1.54) is 19.3 Å². The van der Waals surface area contributed by atoms with Crippen LogP contribution in [0.2, 0.25) is 0 Å². The van der Waals surface area contributed by atoms with Crippen molar-refractivity contribution in [3.05, 3.63) is 23.4 Å². The van der Waals surface area contributed by atoms with Crippen molar-refractivity contribution < 1.29 is 9.84 Å². The Kier molecular flexibility index (Phi) is 4.59. The average Bonchev–Trinajstić information content (AvgIpc) is 2.31. The number of nitrogens with zero attached hydrogens (tertiary/aromatic N) is 1. The van der Waals surface area contributed by atoms with Gasteiger partial charge in [-0.05, 0) is 29.9 Å². The van der Waals surface area contributed by atoms with E-state index in [2.05, 4.69) is 18.8 Å². The minimum absolute atomic E-state index is 0.0429. The van der Waals surface area contributed by atoms with Crippen LogP contribution in [0, 0.1) is 5.92 Å². The fourth-order valence-electron chi connectivity index (χ4n) is 2.15. The molecule has 0 aliphatic heterocycles. The summed E-state index contributed by atoms with van der Waals surface area (Å²) in [5.41, 5.74) is 1.87. The van der Waals surface area contributed by atoms with Crippen molar-refractivity contribution in [1.82, 2.24) is 4.98 Å². The van der Waals surface area contributed by atoms with Gasteiger partial charge in [-0.1, -0.05) is 33.1 Å². The maximum atomic E-state index is 9.25. The van der Waals surface area contributed by atoms with E-state index >= 15 is 0 Å². The number of hydrogen-bond acceptors (Lipinski definition) is 3. The smallest absolute Gasteiger partial charge is 0.213 e. The highest BCUT2D eigenvalue weighted by atomic mass is 16.5. The molecule has 1 aromatic heterocycles. The molecule has 1 aliphatic rings. The van der Waals surface area contributed by atoms with Crippen LogP contribution in [0.25, 0.3) is 0 Å². The summed E-state index contributed by atoms with van der Waals surface area (Å²) in [5, 5.41) is 9.25. The molecule has 0 spiro atoms. The van der Waals surface area contributed by atoms with Crippen LogP contribution < -0.4 is 4.74 Å². The lowest BCUT2D eigenvalue weighted by atomic mass is 9.83. The second-order valence-electron chi connectivity index (χ2n) is 5.49. The number of pyridine rings is 1. The van der Waals surface area contributed by atoms with E-state index in [-0.39, 0.29) is 6.61 Å². The van der Waals surface area contributed by atoms with Gasteiger partial charge in [0.2, 0.25) is 5.88 Å². The molecule has 1 fully saturated rings. The predicted octanol–water partition coefficient (Wildman–Crippen LogP) is 3.27. The second kappa shape index (κ2) is 6.19. The molecule has 1 aliphatic carbocycles. The molecule has 1 N–H and O–H groups in total. The van der Waals surface area contributed by atoms with E-state index in [4.69, 9.17) is 4.74 Å². The van der Waals surface area contributed by atoms with Crippen LogP contribution >= 0.6 is 0 Å². The van der Waals surface area contributed by atoms with Gasteiger partial charge in [0.05, 0.1) is 13.2 Å². The predicted molar refractivity (Wildman–Crippen MR) is 71.7 cm³/mol. The van der Waals surface area contributed by atoms with Crippen LogP contribution in [0.3, 0.4) is 0 Å². The van der Waals surface area contributed by atoms with Crippen LogP contribution in [0.4, 0.5) is 0 Å². The normalized spacial score (nSPS) is 15.8. The van der Waals surface area contributed by atoms with Gasteiger partial charge in [0.25, 0.3) is 0 Å². The molecule has 2 rings (SSSR count). The molecule has 0 bridgehead atoms. The van der Waals surface area contributed by atoms with Crippen molar-refractivity contribution in [3.63, 3.8) is 0 Å². The van der Waals surface area contributed by atoms with Crippen LogP contribution in [0.5, 0.6) is 5.88 Å². The highest BCUT2D eigenvalue weighted by molar-refractivity contribution is 5.26. The third kappa shape index (κ3) is 3.45. The number of aliphatic hydroxyl groups is 1. The van der Waals surface area contributed by atoms with Crippen LogP contribution in [0.15, 0.2) is 12.1 Å². The highest BCUT2D eigenvalue weighted by Crippen LogP contribution is 2.29. The molecular formula is C15H23NO2. The first-order valence-electron chi connectivity index (χ1n) is 6.93. The lowest BCUT2D eigenvalue weighted by Gasteiger charge is -2.24. The van der Waals surface area contributed by atoms with Gasteiger partial charge in [0, 0.05) is 11.8 Å². The first-order chi connectivity index (χ1) is 8.69. The number of aliphatic hydroxyl groups excluding tert-OH is 1. The van der Waals surface area contributed by atoms with Crippen LogP contribution in [0.1, 0.15) is 56.7 Å². The average molecular weight is 249 g/mol. The van der Waals surface area contributed by atoms with Gasteiger partial charge in [0.1, 0.15) is 0 Å². The molecule has 0 radical (unpaired) electrons. The third-order valence-electron chi connectivity index (χ3n) is 3.66. The number of ether oxygens (including phenoxy) is 1. The number of hydrogen-bond donors (Lipinski definition) is 1. The third-order valence-corrected chi connectivity index (χ3v) is 3.66. The monoisotopic (exact) mass is 249 g/mol. The fraction of sp³-hybridized carbons (Fsp3) is 0.667. The summed E-state index contributed by atoms with van der Waals surface area (Å²) in [4.78, 5) is 4.49. The van der Waals surface area contributed by atoms with Gasteiger partial charge in [-0.3, -0.25) is 0 Å². The molecule has 3 nitrogen and oxygen atoms in total. The van der Waals surface area contributed by atoms with Crippen molar-refractivity contribution in [3.8, 4) is 5.88 Å². The van der Waals surface area contributed by atoms with Crippen molar-refractivity contribution in [2.75, 3.05) is 6.61 Å². The summed E-state index contributed by atoms with van der Waals surface area (Å²) in [6, 6.07) is 3.79. The zero-order valence-electron chi connectivity index (χ0n) is 11.4. The van der Waals surface area contributed by atoms with Gasteiger partial charge in [-0.2, -0.15) is 0 Å². The fourth-order valence-corrected chi connectivity index (χ4v) is 2.15. The Morgan fingerprint density at radius 2 is 2.17 bits per heavy atom. The van der Waals surface area contributed by atoms with Crippen molar-refractivity contribution in [1.29, 1.82) is 0 Å². The van der Waals surface area contributed by atoms with Gasteiger partial charge >= 0.3 is 0 Å². The van der Waals surface area contributed by atoms with Gasteiger partial charge < -0.3 is 9.84 Å². The zero-order chi connectivity index (χ0) is 13.0. The molecule has 1 heterocycles. The molecule has 100 valence electrons. The molecule has 0 unspecified atom stereocenters. The first kappa shape index (κ1) is 13.3. The lowest BCUT2D eigenvalue weighted by Crippen LogP contribution is -2.15. The lowest BCUT2D eigenvalue weighted by molar-refractivity contribution is 0.216. The van der Waals surface area contributed by atoms with E-state index in [0.717, 1.165) is 30.2 Å². The molecule has 0 saturated heterocycles. The SMILES string of the molecule is CC(C)c1cc(CO)cc(OCCC2CCC2)n1. The Labute approximate surface area is 109 Å². The Morgan fingerprint density at radius 3 is 2.72 bits per heavy atom. The van der Waals surface area contributed by atoms with Crippen molar-refractivity contribution >= 4 is 0 Å². The largest absolute Gasteiger partial charge is 0.478 e. The quantitative estimate of drug-likeness (QED) is 0.841. The molecular weight excluding hydrogens is 226 g/mol. The van der Waals surface area contributed by atoms with Gasteiger partial charge in [-0.25, -0.2) is 4.98 Å². The van der Waals surface area contributed by atoms with Crippen molar-refractivity contribution in [2.24, 2.45) is 5.92 Å². The summed E-state index contributed by atoms with van der Waals surface area (Å²) in [5.74, 6) is 1.87. The molecule has 18 heavy (non-hydrogen) atoms. The molecule has 1 saturated carbocycles. The zero-order valence-corrected chi connectivity index (χ0v) is 11.4. The van der Waals surface area contributed by atoms with E-state index in [9.17, 15) is 5.11 Å². The Bertz CT molecular complexity index is 386. The maximum Gasteiger partial charge on any atom is 0.213 e. The van der Waals surface area contributed by atoms with Gasteiger partial charge in [-0.15, -0.1) is 0 Å². The Balaban J connectivity index is 1.94. The first-order valence-corrected chi connectivity index (χ1v) is 6.93. The highest BCUT2D eigenvalue weighted by Gasteiger charge is 2.17. The van der Waals surface area contributed by atoms with Crippen molar-refractivity contribution in [2.45, 2.75) is 52.1 Å². The molecule has 3 heteroatoms. The molecule has 0 aromatic carbocycles. The van der Waals surface area contributed by atoms with Crippen LogP contribution in [-0.4, -0.2) is 16.7 Å². The molecule has 0 amide bonds.